The largest absolute Gasteiger partial charge is 0.550 e. The van der Waals surface area contributed by atoms with E-state index in [1.54, 1.807) is 12.1 Å². The molecule has 0 fully saturated rings. The molecule has 0 aliphatic carbocycles. The maximum absolute atomic E-state index is 11.1. The third-order valence-corrected chi connectivity index (χ3v) is 5.49. The molecule has 3 aromatic rings. The van der Waals surface area contributed by atoms with E-state index in [0.29, 0.717) is 21.7 Å². The van der Waals surface area contributed by atoms with Crippen molar-refractivity contribution in [1.82, 2.24) is 4.98 Å². The molecule has 25 heavy (non-hydrogen) atoms. The number of hydrogen-bond donors (Lipinski definition) is 0. The topological polar surface area (TPSA) is 69.4 Å². The average molecular weight is 374 g/mol. The van der Waals surface area contributed by atoms with Crippen molar-refractivity contribution in [2.24, 2.45) is 0 Å². The number of carboxylic acids is 1. The van der Waals surface area contributed by atoms with Gasteiger partial charge in [-0.1, -0.05) is 11.6 Å². The predicted molar refractivity (Wildman–Crippen MR) is 95.9 cm³/mol. The number of anilines is 1. The number of oxazole rings is 1. The molecule has 0 spiro atoms. The smallest absolute Gasteiger partial charge is 0.227 e. The molecule has 2 aromatic heterocycles. The lowest BCUT2D eigenvalue weighted by molar-refractivity contribution is -0.304. The summed E-state index contributed by atoms with van der Waals surface area (Å²) < 4.78 is 6.53. The summed E-state index contributed by atoms with van der Waals surface area (Å²) in [5, 5.41) is 11.1. The van der Waals surface area contributed by atoms with Gasteiger partial charge in [0.15, 0.2) is 5.76 Å². The zero-order valence-corrected chi connectivity index (χ0v) is 15.0. The Bertz CT molecular complexity index is 963. The molecule has 3 heterocycles. The molecule has 1 aromatic carbocycles. The number of carbonyl (C=O) groups is 1. The fourth-order valence-electron chi connectivity index (χ4n) is 3.06. The molecule has 0 N–H and O–H groups in total. The van der Waals surface area contributed by atoms with E-state index in [1.165, 1.54) is 22.6 Å². The van der Waals surface area contributed by atoms with Crippen LogP contribution in [0.25, 0.3) is 22.1 Å². The quantitative estimate of drug-likeness (QED) is 0.703. The third kappa shape index (κ3) is 3.03. The molecule has 7 heteroatoms. The number of rotatable bonds is 4. The molecule has 0 saturated carbocycles. The van der Waals surface area contributed by atoms with Crippen LogP contribution < -0.4 is 10.0 Å². The van der Waals surface area contributed by atoms with Crippen molar-refractivity contribution in [3.05, 3.63) is 45.9 Å². The van der Waals surface area contributed by atoms with Gasteiger partial charge in [0, 0.05) is 37.2 Å². The van der Waals surface area contributed by atoms with Crippen LogP contribution in [0.3, 0.4) is 0 Å². The minimum Gasteiger partial charge on any atom is -0.550 e. The van der Waals surface area contributed by atoms with E-state index in [0.717, 1.165) is 23.4 Å². The zero-order chi connectivity index (χ0) is 17.6. The molecule has 1 aliphatic heterocycles. The number of nitrogens with zero attached hydrogens (tertiary/aromatic N) is 2. The molecule has 0 radical (unpaired) electrons. The summed E-state index contributed by atoms with van der Waals surface area (Å²) in [5.74, 6) is -0.346. The van der Waals surface area contributed by atoms with E-state index in [2.05, 4.69) is 23.0 Å². The van der Waals surface area contributed by atoms with E-state index in [9.17, 15) is 9.90 Å². The summed E-state index contributed by atoms with van der Waals surface area (Å²) >= 11 is 7.32. The summed E-state index contributed by atoms with van der Waals surface area (Å²) in [7, 11) is 2.06. The Hall–Kier alpha value is -2.31. The Balaban J connectivity index is 1.78. The lowest BCUT2D eigenvalue weighted by atomic mass is 10.1. The van der Waals surface area contributed by atoms with Gasteiger partial charge < -0.3 is 19.2 Å². The lowest BCUT2D eigenvalue weighted by Gasteiger charge is -2.11. The molecule has 0 amide bonds. The SMILES string of the molecule is CN1CCc2cc(-c3nc(CC(=O)[O-])c(-c4ccc(Cl)s4)o3)ccc21. The molecule has 0 bridgehead atoms. The molecule has 4 rings (SSSR count). The first kappa shape index (κ1) is 16.2. The number of thiophene rings is 1. The highest BCUT2D eigenvalue weighted by Crippen LogP contribution is 2.37. The van der Waals surface area contributed by atoms with Crippen LogP contribution in [0.4, 0.5) is 5.69 Å². The van der Waals surface area contributed by atoms with E-state index in [4.69, 9.17) is 16.0 Å². The number of hydrogen-bond acceptors (Lipinski definition) is 6. The summed E-state index contributed by atoms with van der Waals surface area (Å²) in [6, 6.07) is 9.59. The predicted octanol–water partition coefficient (Wildman–Crippen LogP) is 3.01. The summed E-state index contributed by atoms with van der Waals surface area (Å²) in [6.07, 6.45) is 0.668. The molecular formula is C18H14ClN2O3S-. The first-order valence-electron chi connectivity index (χ1n) is 7.81. The van der Waals surface area contributed by atoms with Gasteiger partial charge in [0.25, 0.3) is 0 Å². The average Bonchev–Trinajstić information content (AvgIpc) is 3.26. The molecule has 0 saturated heterocycles. The van der Waals surface area contributed by atoms with Crippen molar-refractivity contribution in [3.8, 4) is 22.1 Å². The first-order chi connectivity index (χ1) is 12.0. The number of carbonyl (C=O) groups excluding carboxylic acids is 1. The highest BCUT2D eigenvalue weighted by atomic mass is 35.5. The monoisotopic (exact) mass is 373 g/mol. The highest BCUT2D eigenvalue weighted by molar-refractivity contribution is 7.19. The van der Waals surface area contributed by atoms with Crippen LogP contribution in [0.1, 0.15) is 11.3 Å². The third-order valence-electron chi connectivity index (χ3n) is 4.26. The van der Waals surface area contributed by atoms with E-state index in [-0.39, 0.29) is 6.42 Å². The molecular weight excluding hydrogens is 360 g/mol. The van der Waals surface area contributed by atoms with Crippen molar-refractivity contribution < 1.29 is 14.3 Å². The van der Waals surface area contributed by atoms with Crippen LogP contribution in [0.5, 0.6) is 0 Å². The summed E-state index contributed by atoms with van der Waals surface area (Å²) in [5.41, 5.74) is 3.63. The van der Waals surface area contributed by atoms with E-state index < -0.39 is 5.97 Å². The van der Waals surface area contributed by atoms with Crippen molar-refractivity contribution in [1.29, 1.82) is 0 Å². The summed E-state index contributed by atoms with van der Waals surface area (Å²) in [6.45, 7) is 0.985. The van der Waals surface area contributed by atoms with Crippen molar-refractivity contribution in [3.63, 3.8) is 0 Å². The van der Waals surface area contributed by atoms with Crippen LogP contribution in [-0.4, -0.2) is 24.5 Å². The zero-order valence-electron chi connectivity index (χ0n) is 13.4. The second-order valence-corrected chi connectivity index (χ2v) is 7.68. The Kier molecular flexibility index (Phi) is 4.01. The normalized spacial score (nSPS) is 13.3. The molecule has 0 unspecified atom stereocenters. The van der Waals surface area contributed by atoms with Crippen LogP contribution in [0.2, 0.25) is 4.34 Å². The summed E-state index contributed by atoms with van der Waals surface area (Å²) in [4.78, 5) is 18.4. The van der Waals surface area contributed by atoms with Crippen LogP contribution in [0.15, 0.2) is 34.7 Å². The highest BCUT2D eigenvalue weighted by Gasteiger charge is 2.21. The second-order valence-electron chi connectivity index (χ2n) is 5.96. The van der Waals surface area contributed by atoms with Crippen LogP contribution >= 0.6 is 22.9 Å². The number of fused-ring (bicyclic) bond motifs is 1. The van der Waals surface area contributed by atoms with Gasteiger partial charge in [-0.3, -0.25) is 0 Å². The van der Waals surface area contributed by atoms with Gasteiger partial charge in [0.1, 0.15) is 0 Å². The Morgan fingerprint density at radius 2 is 2.24 bits per heavy atom. The number of aromatic nitrogens is 1. The fraction of sp³-hybridized carbons (Fsp3) is 0.222. The van der Waals surface area contributed by atoms with Gasteiger partial charge in [-0.25, -0.2) is 4.98 Å². The number of likely N-dealkylation sites (N-methyl/N-ethyl adjacent to an activating group) is 1. The Morgan fingerprint density at radius 3 is 2.96 bits per heavy atom. The molecule has 0 atom stereocenters. The number of halogens is 1. The fourth-order valence-corrected chi connectivity index (χ4v) is 4.11. The van der Waals surface area contributed by atoms with Crippen LogP contribution in [-0.2, 0) is 17.6 Å². The number of aliphatic carboxylic acids is 1. The second kappa shape index (κ2) is 6.20. The number of carboxylic acid groups (broad SMARTS) is 1. The molecule has 1 aliphatic rings. The maximum Gasteiger partial charge on any atom is 0.227 e. The lowest BCUT2D eigenvalue weighted by Crippen LogP contribution is -2.24. The number of benzene rings is 1. The van der Waals surface area contributed by atoms with Gasteiger partial charge in [0.2, 0.25) is 5.89 Å². The molecule has 5 nitrogen and oxygen atoms in total. The van der Waals surface area contributed by atoms with Crippen molar-refractivity contribution >= 4 is 34.6 Å². The Morgan fingerprint density at radius 1 is 1.40 bits per heavy atom. The van der Waals surface area contributed by atoms with Gasteiger partial charge in [-0.05, 0) is 42.3 Å². The first-order valence-corrected chi connectivity index (χ1v) is 9.00. The van der Waals surface area contributed by atoms with E-state index in [1.807, 2.05) is 12.1 Å². The van der Waals surface area contributed by atoms with Gasteiger partial charge in [-0.2, -0.15) is 0 Å². The minimum atomic E-state index is -1.20. The molecule has 128 valence electrons. The van der Waals surface area contributed by atoms with Gasteiger partial charge in [0.05, 0.1) is 14.9 Å². The van der Waals surface area contributed by atoms with Crippen molar-refractivity contribution in [2.45, 2.75) is 12.8 Å². The van der Waals surface area contributed by atoms with Crippen molar-refractivity contribution in [2.75, 3.05) is 18.5 Å². The van der Waals surface area contributed by atoms with Crippen LogP contribution in [0, 0.1) is 0 Å². The standard InChI is InChI=1S/C18H15ClN2O3S/c1-21-7-6-10-8-11(2-3-13(10)21)18-20-12(9-16(22)23)17(24-18)14-4-5-15(19)25-14/h2-5,8H,6-7,9H2,1H3,(H,22,23)/p-1. The minimum absolute atomic E-state index is 0.304. The maximum atomic E-state index is 11.1. The van der Waals surface area contributed by atoms with Gasteiger partial charge >= 0.3 is 0 Å². The van der Waals surface area contributed by atoms with Gasteiger partial charge in [-0.15, -0.1) is 11.3 Å². The Labute approximate surface area is 153 Å². The van der Waals surface area contributed by atoms with E-state index >= 15 is 0 Å².